The zero-order valence-electron chi connectivity index (χ0n) is 6.20. The first-order valence-corrected chi connectivity index (χ1v) is 3.41. The van der Waals surface area contributed by atoms with Crippen LogP contribution in [0.2, 0.25) is 0 Å². The van der Waals surface area contributed by atoms with Crippen LogP contribution in [0.1, 0.15) is 11.6 Å². The summed E-state index contributed by atoms with van der Waals surface area (Å²) >= 11 is 0. The fraction of sp³-hybridized carbons (Fsp3) is 0.111. The third kappa shape index (κ3) is 1.82. The lowest BCUT2D eigenvalue weighted by Gasteiger charge is -2.05. The molecule has 1 atom stereocenters. The van der Waals surface area contributed by atoms with Gasteiger partial charge in [-0.3, -0.25) is 0 Å². The van der Waals surface area contributed by atoms with E-state index in [1.54, 1.807) is 24.3 Å². The number of hydrogen-bond acceptors (Lipinski definition) is 2. The third-order valence-corrected chi connectivity index (χ3v) is 1.51. The largest absolute Gasteiger partial charge is 0.508 e. The van der Waals surface area contributed by atoms with Crippen molar-refractivity contribution in [1.29, 1.82) is 0 Å². The molecule has 3 N–H and O–H groups in total. The van der Waals surface area contributed by atoms with Crippen molar-refractivity contribution in [2.24, 2.45) is 5.73 Å². The van der Waals surface area contributed by atoms with E-state index in [0.29, 0.717) is 0 Å². The maximum atomic E-state index is 9.07. The van der Waals surface area contributed by atoms with E-state index in [2.05, 4.69) is 6.58 Å². The van der Waals surface area contributed by atoms with Gasteiger partial charge in [-0.15, -0.1) is 6.58 Å². The van der Waals surface area contributed by atoms with Gasteiger partial charge in [-0.1, -0.05) is 18.2 Å². The minimum absolute atomic E-state index is 0.193. The van der Waals surface area contributed by atoms with Crippen molar-refractivity contribution in [3.63, 3.8) is 0 Å². The Balaban J connectivity index is 2.95. The molecule has 58 valence electrons. The van der Waals surface area contributed by atoms with Crippen molar-refractivity contribution in [3.05, 3.63) is 42.5 Å². The summed E-state index contributed by atoms with van der Waals surface area (Å²) < 4.78 is 0. The van der Waals surface area contributed by atoms with Gasteiger partial charge in [0, 0.05) is 6.04 Å². The predicted molar refractivity (Wildman–Crippen MR) is 45.2 cm³/mol. The first-order valence-electron chi connectivity index (χ1n) is 3.41. The zero-order valence-corrected chi connectivity index (χ0v) is 6.20. The van der Waals surface area contributed by atoms with Crippen molar-refractivity contribution >= 4 is 0 Å². The van der Waals surface area contributed by atoms with Crippen LogP contribution in [-0.4, -0.2) is 5.11 Å². The summed E-state index contributed by atoms with van der Waals surface area (Å²) in [7, 11) is 0. The van der Waals surface area contributed by atoms with Gasteiger partial charge >= 0.3 is 0 Å². The second-order valence-corrected chi connectivity index (χ2v) is 2.36. The van der Waals surface area contributed by atoms with Gasteiger partial charge in [0.2, 0.25) is 0 Å². The predicted octanol–water partition coefficient (Wildman–Crippen LogP) is 1.58. The highest BCUT2D eigenvalue weighted by Crippen LogP contribution is 2.16. The number of aromatic hydroxyl groups is 1. The van der Waals surface area contributed by atoms with E-state index in [0.717, 1.165) is 5.56 Å². The molecule has 2 nitrogen and oxygen atoms in total. The van der Waals surface area contributed by atoms with Crippen molar-refractivity contribution in [3.8, 4) is 5.75 Å². The molecule has 0 radical (unpaired) electrons. The van der Waals surface area contributed by atoms with E-state index in [-0.39, 0.29) is 11.8 Å². The second-order valence-electron chi connectivity index (χ2n) is 2.36. The summed E-state index contributed by atoms with van der Waals surface area (Å²) in [5.41, 5.74) is 6.51. The van der Waals surface area contributed by atoms with E-state index in [1.807, 2.05) is 6.07 Å². The Morgan fingerprint density at radius 2 is 2.27 bits per heavy atom. The van der Waals surface area contributed by atoms with E-state index in [9.17, 15) is 0 Å². The molecule has 0 saturated carbocycles. The molecule has 1 aromatic rings. The molecule has 1 unspecified atom stereocenters. The first-order chi connectivity index (χ1) is 5.24. The quantitative estimate of drug-likeness (QED) is 0.627. The molecule has 0 spiro atoms. The number of rotatable bonds is 2. The fourth-order valence-electron chi connectivity index (χ4n) is 0.868. The highest BCUT2D eigenvalue weighted by atomic mass is 16.3. The summed E-state index contributed by atoms with van der Waals surface area (Å²) in [6.45, 7) is 3.56. The minimum atomic E-state index is -0.193. The molecule has 0 saturated heterocycles. The van der Waals surface area contributed by atoms with Crippen LogP contribution in [0.3, 0.4) is 0 Å². The summed E-state index contributed by atoms with van der Waals surface area (Å²) in [6.07, 6.45) is 1.63. The van der Waals surface area contributed by atoms with Gasteiger partial charge in [-0.2, -0.15) is 0 Å². The van der Waals surface area contributed by atoms with Crippen LogP contribution >= 0.6 is 0 Å². The van der Waals surface area contributed by atoms with E-state index in [4.69, 9.17) is 10.8 Å². The molecule has 0 aliphatic carbocycles. The van der Waals surface area contributed by atoms with Crippen molar-refractivity contribution in [2.45, 2.75) is 6.04 Å². The molecular weight excluding hydrogens is 138 g/mol. The number of hydrogen-bond donors (Lipinski definition) is 2. The molecule has 0 bridgehead atoms. The molecule has 0 fully saturated rings. The number of phenolic OH excluding ortho intramolecular Hbond substituents is 1. The molecule has 11 heavy (non-hydrogen) atoms. The fourth-order valence-corrected chi connectivity index (χ4v) is 0.868. The van der Waals surface area contributed by atoms with Crippen LogP contribution in [0, 0.1) is 0 Å². The van der Waals surface area contributed by atoms with Crippen LogP contribution < -0.4 is 5.73 Å². The van der Waals surface area contributed by atoms with E-state index < -0.39 is 0 Å². The highest BCUT2D eigenvalue weighted by Gasteiger charge is 1.99. The van der Waals surface area contributed by atoms with Crippen molar-refractivity contribution in [1.82, 2.24) is 0 Å². The average Bonchev–Trinajstić information content (AvgIpc) is 2.03. The molecular formula is C9H11NO. The molecule has 1 rings (SSSR count). The SMILES string of the molecule is C=CC(N)c1cccc(O)c1. The van der Waals surface area contributed by atoms with E-state index >= 15 is 0 Å². The maximum absolute atomic E-state index is 9.07. The Bertz CT molecular complexity index is 257. The van der Waals surface area contributed by atoms with Crippen LogP contribution in [0.25, 0.3) is 0 Å². The molecule has 2 heteroatoms. The molecule has 0 heterocycles. The lowest BCUT2D eigenvalue weighted by Crippen LogP contribution is -2.05. The second kappa shape index (κ2) is 3.21. The maximum Gasteiger partial charge on any atom is 0.115 e. The summed E-state index contributed by atoms with van der Waals surface area (Å²) in [5.74, 6) is 0.236. The molecule has 0 amide bonds. The molecule has 0 aliphatic rings. The summed E-state index contributed by atoms with van der Waals surface area (Å²) in [5, 5.41) is 9.07. The van der Waals surface area contributed by atoms with Crippen LogP contribution in [0.15, 0.2) is 36.9 Å². The lowest BCUT2D eigenvalue weighted by atomic mass is 10.1. The number of phenols is 1. The van der Waals surface area contributed by atoms with Gasteiger partial charge in [0.05, 0.1) is 0 Å². The van der Waals surface area contributed by atoms with Gasteiger partial charge in [-0.05, 0) is 17.7 Å². The van der Waals surface area contributed by atoms with Crippen LogP contribution in [-0.2, 0) is 0 Å². The Hall–Kier alpha value is -1.28. The first kappa shape index (κ1) is 7.82. The molecule has 1 aromatic carbocycles. The number of benzene rings is 1. The number of nitrogens with two attached hydrogens (primary N) is 1. The Labute approximate surface area is 66.0 Å². The van der Waals surface area contributed by atoms with Crippen LogP contribution in [0.4, 0.5) is 0 Å². The Kier molecular flexibility index (Phi) is 2.28. The van der Waals surface area contributed by atoms with E-state index in [1.165, 1.54) is 0 Å². The molecule has 0 aliphatic heterocycles. The van der Waals surface area contributed by atoms with Gasteiger partial charge in [-0.25, -0.2) is 0 Å². The topological polar surface area (TPSA) is 46.2 Å². The van der Waals surface area contributed by atoms with Crippen LogP contribution in [0.5, 0.6) is 5.75 Å². The summed E-state index contributed by atoms with van der Waals surface area (Å²) in [4.78, 5) is 0. The monoisotopic (exact) mass is 149 g/mol. The minimum Gasteiger partial charge on any atom is -0.508 e. The van der Waals surface area contributed by atoms with Gasteiger partial charge in [0.15, 0.2) is 0 Å². The van der Waals surface area contributed by atoms with Gasteiger partial charge < -0.3 is 10.8 Å². The molecule has 0 aromatic heterocycles. The van der Waals surface area contributed by atoms with Crippen molar-refractivity contribution < 1.29 is 5.11 Å². The summed E-state index contributed by atoms with van der Waals surface area (Å²) in [6, 6.07) is 6.66. The lowest BCUT2D eigenvalue weighted by molar-refractivity contribution is 0.474. The highest BCUT2D eigenvalue weighted by molar-refractivity contribution is 5.30. The zero-order chi connectivity index (χ0) is 8.27. The standard InChI is InChI=1S/C9H11NO/c1-2-9(10)7-4-3-5-8(11)6-7/h2-6,9,11H,1,10H2. The normalized spacial score (nSPS) is 12.5. The third-order valence-electron chi connectivity index (χ3n) is 1.51. The Morgan fingerprint density at radius 1 is 1.55 bits per heavy atom. The van der Waals surface area contributed by atoms with Crippen molar-refractivity contribution in [2.75, 3.05) is 0 Å². The average molecular weight is 149 g/mol. The Morgan fingerprint density at radius 3 is 2.82 bits per heavy atom. The van der Waals surface area contributed by atoms with Gasteiger partial charge in [0.25, 0.3) is 0 Å². The van der Waals surface area contributed by atoms with Gasteiger partial charge in [0.1, 0.15) is 5.75 Å². The smallest absolute Gasteiger partial charge is 0.115 e.